The van der Waals surface area contributed by atoms with Crippen LogP contribution in [-0.4, -0.2) is 21.7 Å². The molecule has 0 spiro atoms. The standard InChI is InChI=1S/C10H9ClN2O2/c1-2-15-6-3-4-8-7(5-6)9(14)13-10(11)12-8/h3-5H,2H2,1H3,(H,12,13,14). The van der Waals surface area contributed by atoms with Crippen molar-refractivity contribution in [3.8, 4) is 11.6 Å². The summed E-state index contributed by atoms with van der Waals surface area (Å²) in [5.74, 6) is 0.540. The van der Waals surface area contributed by atoms with E-state index in [1.54, 1.807) is 18.2 Å². The third-order valence-electron chi connectivity index (χ3n) is 1.93. The Labute approximate surface area is 91.5 Å². The molecule has 2 aromatic rings. The van der Waals surface area contributed by atoms with Crippen molar-refractivity contribution in [2.45, 2.75) is 6.92 Å². The average Bonchev–Trinajstić information content (AvgIpc) is 2.19. The molecule has 5 heteroatoms. The minimum Gasteiger partial charge on any atom is -0.494 e. The van der Waals surface area contributed by atoms with Crippen LogP contribution < -0.4 is 4.74 Å². The van der Waals surface area contributed by atoms with Crippen LogP contribution in [0.5, 0.6) is 11.6 Å². The fourth-order valence-corrected chi connectivity index (χ4v) is 1.49. The van der Waals surface area contributed by atoms with Crippen LogP contribution in [0.1, 0.15) is 6.92 Å². The molecule has 0 radical (unpaired) electrons. The van der Waals surface area contributed by atoms with Crippen molar-refractivity contribution in [1.82, 2.24) is 9.97 Å². The fraction of sp³-hybridized carbons (Fsp3) is 0.200. The van der Waals surface area contributed by atoms with Gasteiger partial charge in [-0.05, 0) is 36.7 Å². The van der Waals surface area contributed by atoms with Gasteiger partial charge in [0.2, 0.25) is 11.2 Å². The highest BCUT2D eigenvalue weighted by Gasteiger charge is 2.06. The number of hydrogen-bond acceptors (Lipinski definition) is 4. The molecule has 0 fully saturated rings. The SMILES string of the molecule is CCOc1ccc2nc(Cl)nc(O)c2c1. The van der Waals surface area contributed by atoms with E-state index < -0.39 is 0 Å². The second kappa shape index (κ2) is 3.90. The molecule has 0 amide bonds. The molecular weight excluding hydrogens is 216 g/mol. The molecule has 0 saturated carbocycles. The van der Waals surface area contributed by atoms with Crippen LogP contribution in [-0.2, 0) is 0 Å². The highest BCUT2D eigenvalue weighted by atomic mass is 35.5. The third kappa shape index (κ3) is 1.94. The van der Waals surface area contributed by atoms with E-state index in [1.807, 2.05) is 6.92 Å². The van der Waals surface area contributed by atoms with Crippen molar-refractivity contribution in [1.29, 1.82) is 0 Å². The predicted molar refractivity (Wildman–Crippen MR) is 57.4 cm³/mol. The molecule has 1 N–H and O–H groups in total. The zero-order chi connectivity index (χ0) is 10.8. The molecule has 2 rings (SSSR count). The van der Waals surface area contributed by atoms with Crippen LogP contribution in [0.2, 0.25) is 5.28 Å². The third-order valence-corrected chi connectivity index (χ3v) is 2.10. The first-order valence-corrected chi connectivity index (χ1v) is 4.87. The van der Waals surface area contributed by atoms with Gasteiger partial charge in [-0.1, -0.05) is 0 Å². The van der Waals surface area contributed by atoms with E-state index in [-0.39, 0.29) is 11.2 Å². The summed E-state index contributed by atoms with van der Waals surface area (Å²) < 4.78 is 5.30. The van der Waals surface area contributed by atoms with Gasteiger partial charge in [0, 0.05) is 0 Å². The maximum absolute atomic E-state index is 9.55. The number of rotatable bonds is 2. The summed E-state index contributed by atoms with van der Waals surface area (Å²) in [6, 6.07) is 5.19. The molecule has 0 aliphatic carbocycles. The molecule has 0 aliphatic heterocycles. The summed E-state index contributed by atoms with van der Waals surface area (Å²) >= 11 is 5.61. The van der Waals surface area contributed by atoms with E-state index in [0.717, 1.165) is 0 Å². The van der Waals surface area contributed by atoms with Gasteiger partial charge in [0.1, 0.15) is 5.75 Å². The second-order valence-electron chi connectivity index (χ2n) is 2.93. The number of ether oxygens (including phenoxy) is 1. The van der Waals surface area contributed by atoms with Crippen LogP contribution in [0.3, 0.4) is 0 Å². The van der Waals surface area contributed by atoms with E-state index in [2.05, 4.69) is 9.97 Å². The lowest BCUT2D eigenvalue weighted by Crippen LogP contribution is -1.92. The summed E-state index contributed by atoms with van der Waals surface area (Å²) in [7, 11) is 0. The van der Waals surface area contributed by atoms with Crippen LogP contribution >= 0.6 is 11.6 Å². The zero-order valence-corrected chi connectivity index (χ0v) is 8.82. The Balaban J connectivity index is 2.60. The molecule has 0 bridgehead atoms. The highest BCUT2D eigenvalue weighted by molar-refractivity contribution is 6.28. The van der Waals surface area contributed by atoms with Crippen LogP contribution in [0, 0.1) is 0 Å². The topological polar surface area (TPSA) is 55.2 Å². The summed E-state index contributed by atoms with van der Waals surface area (Å²) in [5.41, 5.74) is 0.593. The van der Waals surface area contributed by atoms with Crippen molar-refractivity contribution >= 4 is 22.5 Å². The lowest BCUT2D eigenvalue weighted by atomic mass is 10.2. The van der Waals surface area contributed by atoms with Crippen molar-refractivity contribution in [2.24, 2.45) is 0 Å². The summed E-state index contributed by atoms with van der Waals surface area (Å²) in [4.78, 5) is 7.63. The molecule has 0 saturated heterocycles. The number of fused-ring (bicyclic) bond motifs is 1. The minimum absolute atomic E-state index is 0.0316. The molecular formula is C10H9ClN2O2. The summed E-state index contributed by atoms with van der Waals surface area (Å²) in [6.07, 6.45) is 0. The van der Waals surface area contributed by atoms with Gasteiger partial charge in [-0.2, -0.15) is 4.98 Å². The highest BCUT2D eigenvalue weighted by Crippen LogP contribution is 2.26. The molecule has 1 aromatic carbocycles. The van der Waals surface area contributed by atoms with Gasteiger partial charge in [0.25, 0.3) is 0 Å². The molecule has 78 valence electrons. The van der Waals surface area contributed by atoms with Crippen LogP contribution in [0.25, 0.3) is 10.9 Å². The minimum atomic E-state index is -0.133. The van der Waals surface area contributed by atoms with Gasteiger partial charge in [-0.25, -0.2) is 4.98 Å². The molecule has 15 heavy (non-hydrogen) atoms. The van der Waals surface area contributed by atoms with E-state index in [1.165, 1.54) is 0 Å². The molecule has 0 aliphatic rings. The Kier molecular flexibility index (Phi) is 2.60. The maximum atomic E-state index is 9.55. The number of benzene rings is 1. The first kappa shape index (κ1) is 9.98. The first-order valence-electron chi connectivity index (χ1n) is 4.49. The normalized spacial score (nSPS) is 10.5. The largest absolute Gasteiger partial charge is 0.494 e. The Hall–Kier alpha value is -1.55. The Bertz CT molecular complexity index is 502. The monoisotopic (exact) mass is 224 g/mol. The van der Waals surface area contributed by atoms with E-state index in [4.69, 9.17) is 16.3 Å². The zero-order valence-electron chi connectivity index (χ0n) is 8.07. The quantitative estimate of drug-likeness (QED) is 0.796. The number of aromatic hydroxyl groups is 1. The summed E-state index contributed by atoms with van der Waals surface area (Å²) in [6.45, 7) is 2.46. The molecule has 4 nitrogen and oxygen atoms in total. The number of aromatic nitrogens is 2. The van der Waals surface area contributed by atoms with Crippen molar-refractivity contribution < 1.29 is 9.84 Å². The van der Waals surface area contributed by atoms with E-state index >= 15 is 0 Å². The van der Waals surface area contributed by atoms with Gasteiger partial charge >= 0.3 is 0 Å². The van der Waals surface area contributed by atoms with E-state index in [0.29, 0.717) is 23.3 Å². The van der Waals surface area contributed by atoms with Crippen molar-refractivity contribution in [3.05, 3.63) is 23.5 Å². The smallest absolute Gasteiger partial charge is 0.226 e. The molecule has 1 heterocycles. The Morgan fingerprint density at radius 2 is 2.20 bits per heavy atom. The van der Waals surface area contributed by atoms with Gasteiger partial charge in [0.05, 0.1) is 17.5 Å². The summed E-state index contributed by atoms with van der Waals surface area (Å²) in [5, 5.41) is 10.1. The van der Waals surface area contributed by atoms with Gasteiger partial charge in [-0.3, -0.25) is 0 Å². The lowest BCUT2D eigenvalue weighted by Gasteiger charge is -2.05. The molecule has 0 unspecified atom stereocenters. The second-order valence-corrected chi connectivity index (χ2v) is 3.27. The van der Waals surface area contributed by atoms with E-state index in [9.17, 15) is 5.11 Å². The van der Waals surface area contributed by atoms with Gasteiger partial charge in [-0.15, -0.1) is 0 Å². The Morgan fingerprint density at radius 3 is 2.93 bits per heavy atom. The van der Waals surface area contributed by atoms with Gasteiger partial charge < -0.3 is 9.84 Å². The van der Waals surface area contributed by atoms with Gasteiger partial charge in [0.15, 0.2) is 0 Å². The first-order chi connectivity index (χ1) is 7.20. The Morgan fingerprint density at radius 1 is 1.40 bits per heavy atom. The lowest BCUT2D eigenvalue weighted by molar-refractivity contribution is 0.340. The van der Waals surface area contributed by atoms with Crippen LogP contribution in [0.4, 0.5) is 0 Å². The molecule has 0 atom stereocenters. The van der Waals surface area contributed by atoms with Crippen molar-refractivity contribution in [3.63, 3.8) is 0 Å². The predicted octanol–water partition coefficient (Wildman–Crippen LogP) is 2.39. The number of halogens is 1. The van der Waals surface area contributed by atoms with Crippen molar-refractivity contribution in [2.75, 3.05) is 6.61 Å². The number of nitrogens with zero attached hydrogens (tertiary/aromatic N) is 2. The fourth-order valence-electron chi connectivity index (χ4n) is 1.32. The maximum Gasteiger partial charge on any atom is 0.226 e. The van der Waals surface area contributed by atoms with Crippen LogP contribution in [0.15, 0.2) is 18.2 Å². The average molecular weight is 225 g/mol. The molecule has 1 aromatic heterocycles. The number of hydrogen-bond donors (Lipinski definition) is 1.